The van der Waals surface area contributed by atoms with Crippen LogP contribution in [0.5, 0.6) is 0 Å². The van der Waals surface area contributed by atoms with Crippen molar-refractivity contribution in [3.05, 3.63) is 41.7 Å². The quantitative estimate of drug-likeness (QED) is 0.859. The molecule has 1 aliphatic rings. The Kier molecular flexibility index (Phi) is 4.20. The summed E-state index contributed by atoms with van der Waals surface area (Å²) in [5.74, 6) is 0.327. The molecule has 1 aromatic carbocycles. The highest BCUT2D eigenvalue weighted by molar-refractivity contribution is 7.89. The zero-order valence-corrected chi connectivity index (χ0v) is 13.9. The number of halogens is 1. The molecule has 0 bridgehead atoms. The molecule has 0 spiro atoms. The lowest BCUT2D eigenvalue weighted by Crippen LogP contribution is -2.39. The van der Waals surface area contributed by atoms with Gasteiger partial charge in [-0.2, -0.15) is 4.31 Å². The normalized spacial score (nSPS) is 17.5. The molecule has 2 aromatic rings. The minimum absolute atomic E-state index is 0.0135. The highest BCUT2D eigenvalue weighted by Gasteiger charge is 2.30. The van der Waals surface area contributed by atoms with Crippen LogP contribution < -0.4 is 0 Å². The molecule has 0 N–H and O–H groups in total. The van der Waals surface area contributed by atoms with Crippen molar-refractivity contribution >= 4 is 10.0 Å². The number of aromatic nitrogens is 3. The molecule has 0 amide bonds. The van der Waals surface area contributed by atoms with E-state index in [1.165, 1.54) is 16.4 Å². The van der Waals surface area contributed by atoms with Crippen LogP contribution in [-0.2, 0) is 10.0 Å². The monoisotopic (exact) mass is 338 g/mol. The minimum atomic E-state index is -3.65. The van der Waals surface area contributed by atoms with E-state index in [2.05, 4.69) is 10.2 Å². The van der Waals surface area contributed by atoms with Crippen molar-refractivity contribution in [3.8, 4) is 0 Å². The fourth-order valence-corrected chi connectivity index (χ4v) is 4.38. The fraction of sp³-hybridized carbons (Fsp3) is 0.467. The number of nitrogens with zero attached hydrogens (tertiary/aromatic N) is 4. The average Bonchev–Trinajstić information content (AvgIpc) is 2.96. The molecule has 0 unspecified atom stereocenters. The van der Waals surface area contributed by atoms with Crippen molar-refractivity contribution in [1.82, 2.24) is 19.1 Å². The highest BCUT2D eigenvalue weighted by atomic mass is 32.2. The van der Waals surface area contributed by atoms with E-state index in [9.17, 15) is 12.8 Å². The number of rotatable bonds is 3. The van der Waals surface area contributed by atoms with Gasteiger partial charge < -0.3 is 4.57 Å². The van der Waals surface area contributed by atoms with Gasteiger partial charge in [-0.25, -0.2) is 12.8 Å². The Morgan fingerprint density at radius 1 is 1.22 bits per heavy atom. The first-order valence-corrected chi connectivity index (χ1v) is 8.96. The number of sulfonamides is 1. The minimum Gasteiger partial charge on any atom is -0.315 e. The molecular weight excluding hydrogens is 319 g/mol. The molecule has 0 radical (unpaired) electrons. The van der Waals surface area contributed by atoms with Crippen molar-refractivity contribution in [2.24, 2.45) is 0 Å². The molecular formula is C15H19FN4O2S. The topological polar surface area (TPSA) is 68.1 Å². The Bertz CT molecular complexity index is 811. The van der Waals surface area contributed by atoms with E-state index < -0.39 is 15.8 Å². The van der Waals surface area contributed by atoms with Crippen LogP contribution in [0.3, 0.4) is 0 Å². The summed E-state index contributed by atoms with van der Waals surface area (Å²) in [7, 11) is -3.65. The molecule has 0 saturated carbocycles. The van der Waals surface area contributed by atoms with Gasteiger partial charge in [-0.1, -0.05) is 6.07 Å². The third-order valence-electron chi connectivity index (χ3n) is 4.35. The van der Waals surface area contributed by atoms with Crippen molar-refractivity contribution in [3.63, 3.8) is 0 Å². The lowest BCUT2D eigenvalue weighted by Gasteiger charge is -2.32. The van der Waals surface area contributed by atoms with E-state index in [0.717, 1.165) is 11.9 Å². The van der Waals surface area contributed by atoms with Crippen LogP contribution >= 0.6 is 0 Å². The van der Waals surface area contributed by atoms with Crippen LogP contribution in [0.4, 0.5) is 4.39 Å². The predicted molar refractivity (Wildman–Crippen MR) is 82.9 cm³/mol. The van der Waals surface area contributed by atoms with Gasteiger partial charge in [0, 0.05) is 19.1 Å². The summed E-state index contributed by atoms with van der Waals surface area (Å²) in [5.41, 5.74) is 0.436. The van der Waals surface area contributed by atoms with E-state index in [1.54, 1.807) is 13.3 Å². The zero-order chi connectivity index (χ0) is 16.6. The van der Waals surface area contributed by atoms with E-state index in [1.807, 2.05) is 11.5 Å². The second kappa shape index (κ2) is 6.01. The molecule has 0 atom stereocenters. The average molecular weight is 338 g/mol. The van der Waals surface area contributed by atoms with Gasteiger partial charge in [-0.3, -0.25) is 0 Å². The van der Waals surface area contributed by atoms with Crippen LogP contribution in [-0.4, -0.2) is 40.6 Å². The van der Waals surface area contributed by atoms with Gasteiger partial charge in [0.25, 0.3) is 0 Å². The molecule has 2 heterocycles. The predicted octanol–water partition coefficient (Wildman–Crippen LogP) is 2.06. The van der Waals surface area contributed by atoms with Gasteiger partial charge in [0.15, 0.2) is 0 Å². The van der Waals surface area contributed by atoms with Gasteiger partial charge >= 0.3 is 0 Å². The van der Waals surface area contributed by atoms with E-state index >= 15 is 0 Å². The van der Waals surface area contributed by atoms with E-state index in [0.29, 0.717) is 31.5 Å². The largest absolute Gasteiger partial charge is 0.315 e. The van der Waals surface area contributed by atoms with Crippen LogP contribution in [0.2, 0.25) is 0 Å². The Balaban J connectivity index is 1.76. The molecule has 1 saturated heterocycles. The summed E-state index contributed by atoms with van der Waals surface area (Å²) < 4.78 is 42.4. The summed E-state index contributed by atoms with van der Waals surface area (Å²) in [6.45, 7) is 4.30. The summed E-state index contributed by atoms with van der Waals surface area (Å²) in [4.78, 5) is 0.0135. The van der Waals surface area contributed by atoms with Gasteiger partial charge in [0.2, 0.25) is 10.0 Å². The van der Waals surface area contributed by atoms with Gasteiger partial charge in [-0.05, 0) is 44.4 Å². The Morgan fingerprint density at radius 2 is 1.91 bits per heavy atom. The maximum atomic E-state index is 13.7. The van der Waals surface area contributed by atoms with Crippen LogP contribution in [0.15, 0.2) is 29.4 Å². The van der Waals surface area contributed by atoms with Crippen molar-refractivity contribution in [1.29, 1.82) is 0 Å². The first-order chi connectivity index (χ1) is 10.9. The summed E-state index contributed by atoms with van der Waals surface area (Å²) in [5, 5.41) is 7.83. The van der Waals surface area contributed by atoms with Gasteiger partial charge in [0.05, 0.1) is 4.90 Å². The number of aryl methyl sites for hydroxylation is 2. The molecule has 8 heteroatoms. The lowest BCUT2D eigenvalue weighted by molar-refractivity contribution is 0.271. The van der Waals surface area contributed by atoms with E-state index in [4.69, 9.17) is 0 Å². The molecule has 1 fully saturated rings. The van der Waals surface area contributed by atoms with Crippen LogP contribution in [0, 0.1) is 19.7 Å². The Labute approximate surface area is 135 Å². The third kappa shape index (κ3) is 3.00. The first kappa shape index (κ1) is 16.1. The summed E-state index contributed by atoms with van der Waals surface area (Å²) in [6, 6.07) is 4.26. The highest BCUT2D eigenvalue weighted by Crippen LogP contribution is 2.27. The zero-order valence-electron chi connectivity index (χ0n) is 13.1. The Hall–Kier alpha value is -1.80. The maximum absolute atomic E-state index is 13.7. The third-order valence-corrected chi connectivity index (χ3v) is 6.24. The standard InChI is InChI=1S/C15H19FN4O2S/c1-11-3-4-14(9-15(11)16)23(21,22)19-7-5-13(6-8-19)20-10-17-18-12(20)2/h3-4,9-10,13H,5-8H2,1-2H3. The molecule has 3 rings (SSSR count). The number of piperidine rings is 1. The van der Waals surface area contributed by atoms with Crippen LogP contribution in [0.1, 0.15) is 30.3 Å². The van der Waals surface area contributed by atoms with Gasteiger partial charge in [0.1, 0.15) is 18.0 Å². The number of benzene rings is 1. The molecule has 1 aliphatic heterocycles. The molecule has 6 nitrogen and oxygen atoms in total. The lowest BCUT2D eigenvalue weighted by atomic mass is 10.1. The molecule has 124 valence electrons. The number of hydrogen-bond donors (Lipinski definition) is 0. The fourth-order valence-electron chi connectivity index (χ4n) is 2.90. The Morgan fingerprint density at radius 3 is 2.48 bits per heavy atom. The van der Waals surface area contributed by atoms with Crippen molar-refractivity contribution in [2.45, 2.75) is 37.6 Å². The molecule has 23 heavy (non-hydrogen) atoms. The van der Waals surface area contributed by atoms with Crippen molar-refractivity contribution < 1.29 is 12.8 Å². The van der Waals surface area contributed by atoms with E-state index in [-0.39, 0.29) is 10.9 Å². The second-order valence-corrected chi connectivity index (χ2v) is 7.77. The second-order valence-electron chi connectivity index (χ2n) is 5.83. The maximum Gasteiger partial charge on any atom is 0.243 e. The summed E-state index contributed by atoms with van der Waals surface area (Å²) >= 11 is 0. The first-order valence-electron chi connectivity index (χ1n) is 7.52. The summed E-state index contributed by atoms with van der Waals surface area (Å²) in [6.07, 6.45) is 3.05. The van der Waals surface area contributed by atoms with Crippen molar-refractivity contribution in [2.75, 3.05) is 13.1 Å². The SMILES string of the molecule is Cc1ccc(S(=O)(=O)N2CCC(n3cnnc3C)CC2)cc1F. The number of hydrogen-bond acceptors (Lipinski definition) is 4. The smallest absolute Gasteiger partial charge is 0.243 e. The molecule has 1 aromatic heterocycles. The molecule has 0 aliphatic carbocycles. The van der Waals surface area contributed by atoms with Gasteiger partial charge in [-0.15, -0.1) is 10.2 Å². The van der Waals surface area contributed by atoms with Crippen LogP contribution in [0.25, 0.3) is 0 Å².